The van der Waals surface area contributed by atoms with Crippen molar-refractivity contribution in [1.82, 2.24) is 15.8 Å². The summed E-state index contributed by atoms with van der Waals surface area (Å²) in [7, 11) is -3.58. The number of amides is 1. The number of nitrogens with one attached hydrogen (secondary N) is 2. The molecule has 0 saturated heterocycles. The number of benzene rings is 1. The van der Waals surface area contributed by atoms with Gasteiger partial charge in [-0.15, -0.1) is 0 Å². The topological polar surface area (TPSA) is 91.4 Å². The predicted octanol–water partition coefficient (Wildman–Crippen LogP) is 2.79. The maximum atomic E-state index is 12.6. The zero-order valence-electron chi connectivity index (χ0n) is 15.8. The van der Waals surface area contributed by atoms with Crippen LogP contribution in [0.5, 0.6) is 0 Å². The number of anilines is 1. The number of aromatic nitrogens is 1. The van der Waals surface area contributed by atoms with Crippen LogP contribution in [0.2, 0.25) is 5.02 Å². The molecule has 0 radical (unpaired) electrons. The molecular formula is C18H21ClF2N4O3S. The van der Waals surface area contributed by atoms with Crippen LogP contribution in [0.3, 0.4) is 0 Å². The molecule has 0 unspecified atom stereocenters. The molecule has 0 saturated carbocycles. The number of rotatable bonds is 9. The largest absolute Gasteiger partial charge is 0.316 e. The molecule has 1 amide bonds. The van der Waals surface area contributed by atoms with Gasteiger partial charge in [-0.2, -0.15) is 8.78 Å². The van der Waals surface area contributed by atoms with Gasteiger partial charge >= 0.3 is 12.3 Å². The first kappa shape index (κ1) is 23.0. The fourth-order valence-electron chi connectivity index (χ4n) is 2.46. The summed E-state index contributed by atoms with van der Waals surface area (Å²) in [5.41, 5.74) is 6.61. The Kier molecular flexibility index (Phi) is 7.88. The van der Waals surface area contributed by atoms with Crippen molar-refractivity contribution in [1.29, 1.82) is 0 Å². The number of aryl methyl sites for hydroxylation is 1. The van der Waals surface area contributed by atoms with E-state index < -0.39 is 22.4 Å². The van der Waals surface area contributed by atoms with E-state index >= 15 is 0 Å². The number of hydrogen-bond donors (Lipinski definition) is 2. The van der Waals surface area contributed by atoms with Crippen LogP contribution in [-0.2, 0) is 27.9 Å². The average molecular weight is 447 g/mol. The molecule has 0 aliphatic carbocycles. The van der Waals surface area contributed by atoms with Gasteiger partial charge in [0.2, 0.25) is 10.0 Å². The van der Waals surface area contributed by atoms with Gasteiger partial charge in [0.15, 0.2) is 0 Å². The van der Waals surface area contributed by atoms with Crippen LogP contribution in [0.1, 0.15) is 23.7 Å². The quantitative estimate of drug-likeness (QED) is 0.578. The number of sulfonamides is 1. The number of alkyl halides is 2. The Morgan fingerprint density at radius 3 is 2.55 bits per heavy atom. The highest BCUT2D eigenvalue weighted by atomic mass is 35.5. The van der Waals surface area contributed by atoms with Crippen molar-refractivity contribution in [2.45, 2.75) is 33.4 Å². The van der Waals surface area contributed by atoms with E-state index in [0.717, 1.165) is 5.56 Å². The minimum atomic E-state index is -3.58. The average Bonchev–Trinajstić information content (AvgIpc) is 2.66. The standard InChI is InChI=1S/C18H21ClF2N4O3S/c1-3-29(27,28)25(16-7-12(2)6-14(19)8-16)11-15-5-4-13(9-22-15)10-23-24-18(26)17(20)21/h4-9,17,23H,3,10-11H2,1-2H3,(H,24,26). The molecule has 0 aliphatic heterocycles. The van der Waals surface area contributed by atoms with E-state index in [-0.39, 0.29) is 18.8 Å². The van der Waals surface area contributed by atoms with Crippen molar-refractivity contribution in [3.05, 3.63) is 58.4 Å². The maximum absolute atomic E-state index is 12.6. The van der Waals surface area contributed by atoms with Gasteiger partial charge in [-0.3, -0.25) is 19.5 Å². The van der Waals surface area contributed by atoms with Crippen molar-refractivity contribution >= 4 is 33.2 Å². The second kappa shape index (κ2) is 9.95. The van der Waals surface area contributed by atoms with Crippen molar-refractivity contribution in [2.24, 2.45) is 0 Å². The van der Waals surface area contributed by atoms with E-state index in [1.54, 1.807) is 37.3 Å². The third-order valence-electron chi connectivity index (χ3n) is 3.91. The van der Waals surface area contributed by atoms with Gasteiger partial charge in [-0.25, -0.2) is 13.8 Å². The van der Waals surface area contributed by atoms with Gasteiger partial charge in [0.1, 0.15) is 0 Å². The van der Waals surface area contributed by atoms with Crippen molar-refractivity contribution in [3.8, 4) is 0 Å². The number of halogens is 3. The predicted molar refractivity (Wildman–Crippen MR) is 107 cm³/mol. The van der Waals surface area contributed by atoms with E-state index in [2.05, 4.69) is 10.4 Å². The summed E-state index contributed by atoms with van der Waals surface area (Å²) >= 11 is 6.08. The molecule has 0 fully saturated rings. The zero-order chi connectivity index (χ0) is 21.6. The lowest BCUT2D eigenvalue weighted by atomic mass is 10.2. The normalized spacial score (nSPS) is 11.5. The highest BCUT2D eigenvalue weighted by Gasteiger charge is 2.22. The first-order chi connectivity index (χ1) is 13.6. The minimum absolute atomic E-state index is 0.00574. The summed E-state index contributed by atoms with van der Waals surface area (Å²) in [4.78, 5) is 15.0. The smallest absolute Gasteiger partial charge is 0.286 e. The van der Waals surface area contributed by atoms with Gasteiger partial charge in [-0.1, -0.05) is 17.7 Å². The third kappa shape index (κ3) is 6.62. The summed E-state index contributed by atoms with van der Waals surface area (Å²) < 4.78 is 50.7. The molecule has 1 aromatic carbocycles. The lowest BCUT2D eigenvalue weighted by Crippen LogP contribution is -2.40. The van der Waals surface area contributed by atoms with Crippen LogP contribution >= 0.6 is 11.6 Å². The van der Waals surface area contributed by atoms with Crippen LogP contribution < -0.4 is 15.2 Å². The summed E-state index contributed by atoms with van der Waals surface area (Å²) in [5, 5.41) is 0.427. The van der Waals surface area contributed by atoms with Crippen molar-refractivity contribution in [2.75, 3.05) is 10.1 Å². The fraction of sp³-hybridized carbons (Fsp3) is 0.333. The highest BCUT2D eigenvalue weighted by Crippen LogP contribution is 2.26. The summed E-state index contributed by atoms with van der Waals surface area (Å²) in [6, 6.07) is 8.31. The van der Waals surface area contributed by atoms with E-state index in [1.807, 2.05) is 12.3 Å². The van der Waals surface area contributed by atoms with Gasteiger partial charge in [0.05, 0.1) is 23.7 Å². The van der Waals surface area contributed by atoms with Gasteiger partial charge in [0.25, 0.3) is 0 Å². The van der Waals surface area contributed by atoms with Crippen LogP contribution in [0.15, 0.2) is 36.5 Å². The Balaban J connectivity index is 2.14. The first-order valence-electron chi connectivity index (χ1n) is 8.64. The Bertz CT molecular complexity index is 936. The molecule has 0 atom stereocenters. The number of nitrogens with zero attached hydrogens (tertiary/aromatic N) is 2. The molecule has 158 valence electrons. The SMILES string of the molecule is CCS(=O)(=O)N(Cc1ccc(CNNC(=O)C(F)F)cn1)c1cc(C)cc(Cl)c1. The maximum Gasteiger partial charge on any atom is 0.316 e. The lowest BCUT2D eigenvalue weighted by Gasteiger charge is -2.24. The van der Waals surface area contributed by atoms with Crippen LogP contribution in [0.25, 0.3) is 0 Å². The molecule has 0 aliphatic rings. The first-order valence-corrected chi connectivity index (χ1v) is 10.6. The monoisotopic (exact) mass is 446 g/mol. The second-order valence-corrected chi connectivity index (χ2v) is 8.81. The molecule has 0 spiro atoms. The Hall–Kier alpha value is -2.30. The Morgan fingerprint density at radius 2 is 2.00 bits per heavy atom. The van der Waals surface area contributed by atoms with Gasteiger partial charge in [0, 0.05) is 17.8 Å². The molecule has 1 heterocycles. The number of hydrazine groups is 1. The van der Waals surface area contributed by atoms with E-state index in [4.69, 9.17) is 11.6 Å². The van der Waals surface area contributed by atoms with Crippen LogP contribution in [-0.4, -0.2) is 31.5 Å². The number of carbonyl (C=O) groups excluding carboxylic acids is 1. The molecule has 2 aromatic rings. The van der Waals surface area contributed by atoms with Crippen molar-refractivity contribution in [3.63, 3.8) is 0 Å². The molecule has 0 bridgehead atoms. The molecule has 1 aromatic heterocycles. The van der Waals surface area contributed by atoms with Gasteiger partial charge in [-0.05, 0) is 49.2 Å². The lowest BCUT2D eigenvalue weighted by molar-refractivity contribution is -0.132. The number of carbonyl (C=O) groups is 1. The molecule has 7 nitrogen and oxygen atoms in total. The second-order valence-electron chi connectivity index (χ2n) is 6.20. The number of pyridine rings is 1. The van der Waals surface area contributed by atoms with Crippen molar-refractivity contribution < 1.29 is 22.0 Å². The molecule has 29 heavy (non-hydrogen) atoms. The summed E-state index contributed by atoms with van der Waals surface area (Å²) in [5.74, 6) is -1.52. The van der Waals surface area contributed by atoms with Gasteiger partial charge < -0.3 is 0 Å². The molecule has 11 heteroatoms. The molecule has 2 N–H and O–H groups in total. The fourth-order valence-corrected chi connectivity index (χ4v) is 3.81. The van der Waals surface area contributed by atoms with Crippen LogP contribution in [0.4, 0.5) is 14.5 Å². The zero-order valence-corrected chi connectivity index (χ0v) is 17.4. The number of hydrogen-bond acceptors (Lipinski definition) is 5. The third-order valence-corrected chi connectivity index (χ3v) is 5.87. The summed E-state index contributed by atoms with van der Waals surface area (Å²) in [6.45, 7) is 3.45. The van der Waals surface area contributed by atoms with E-state index in [9.17, 15) is 22.0 Å². The van der Waals surface area contributed by atoms with E-state index in [0.29, 0.717) is 22.0 Å². The highest BCUT2D eigenvalue weighted by molar-refractivity contribution is 7.92. The Labute approximate surface area is 173 Å². The summed E-state index contributed by atoms with van der Waals surface area (Å²) in [6.07, 6.45) is -1.64. The molecule has 2 rings (SSSR count). The minimum Gasteiger partial charge on any atom is -0.286 e. The Morgan fingerprint density at radius 1 is 1.28 bits per heavy atom. The molecular weight excluding hydrogens is 426 g/mol. The van der Waals surface area contributed by atoms with E-state index in [1.165, 1.54) is 10.5 Å². The van der Waals surface area contributed by atoms with Crippen LogP contribution in [0, 0.1) is 6.92 Å².